The van der Waals surface area contributed by atoms with Crippen LogP contribution < -0.4 is 11.1 Å². The van der Waals surface area contributed by atoms with E-state index in [2.05, 4.69) is 12.2 Å². The van der Waals surface area contributed by atoms with E-state index in [1.54, 1.807) is 12.1 Å². The van der Waals surface area contributed by atoms with E-state index in [-0.39, 0.29) is 5.91 Å². The molecule has 1 saturated carbocycles. The summed E-state index contributed by atoms with van der Waals surface area (Å²) in [6, 6.07) is 3.72. The summed E-state index contributed by atoms with van der Waals surface area (Å²) in [4.78, 5) is 11.8. The topological polar surface area (TPSA) is 68.3 Å². The van der Waals surface area contributed by atoms with Gasteiger partial charge in [0, 0.05) is 6.04 Å². The van der Waals surface area contributed by atoms with Crippen LogP contribution in [-0.4, -0.2) is 11.9 Å². The molecule has 1 aliphatic rings. The van der Waals surface area contributed by atoms with Crippen molar-refractivity contribution < 1.29 is 9.21 Å². The van der Waals surface area contributed by atoms with Gasteiger partial charge in [-0.15, -0.1) is 0 Å². The maximum atomic E-state index is 11.8. The molecule has 0 radical (unpaired) electrons. The molecular formula is C12H18N2O2. The van der Waals surface area contributed by atoms with Crippen LogP contribution in [0.4, 0.5) is 0 Å². The second-order valence-electron chi connectivity index (χ2n) is 4.56. The van der Waals surface area contributed by atoms with Gasteiger partial charge in [-0.05, 0) is 37.3 Å². The molecule has 0 aromatic carbocycles. The highest BCUT2D eigenvalue weighted by atomic mass is 16.4. The molecule has 1 aromatic heterocycles. The lowest BCUT2D eigenvalue weighted by molar-refractivity contribution is 0.0907. The standard InChI is InChI=1S/C12H18N2O2/c1-8-2-3-9(6-8)14-12(15)11-5-4-10(7-13)16-11/h4-5,8-9H,2-3,6-7,13H2,1H3,(H,14,15). The maximum Gasteiger partial charge on any atom is 0.287 e. The molecular weight excluding hydrogens is 204 g/mol. The zero-order valence-electron chi connectivity index (χ0n) is 9.53. The zero-order valence-corrected chi connectivity index (χ0v) is 9.53. The van der Waals surface area contributed by atoms with Crippen LogP contribution in [0.1, 0.15) is 42.5 Å². The SMILES string of the molecule is CC1CCC(NC(=O)c2ccc(CN)o2)C1. The number of nitrogens with two attached hydrogens (primary N) is 1. The quantitative estimate of drug-likeness (QED) is 0.817. The number of carbonyl (C=O) groups excluding carboxylic acids is 1. The summed E-state index contributed by atoms with van der Waals surface area (Å²) < 4.78 is 5.29. The Kier molecular flexibility index (Phi) is 3.29. The lowest BCUT2D eigenvalue weighted by atomic mass is 10.1. The summed E-state index contributed by atoms with van der Waals surface area (Å²) >= 11 is 0. The van der Waals surface area contributed by atoms with E-state index in [1.807, 2.05) is 0 Å². The summed E-state index contributed by atoms with van der Waals surface area (Å²) in [6.07, 6.45) is 3.32. The minimum absolute atomic E-state index is 0.126. The highest BCUT2D eigenvalue weighted by Gasteiger charge is 2.23. The predicted octanol–water partition coefficient (Wildman–Crippen LogP) is 1.66. The van der Waals surface area contributed by atoms with Gasteiger partial charge in [0.15, 0.2) is 5.76 Å². The van der Waals surface area contributed by atoms with Gasteiger partial charge >= 0.3 is 0 Å². The first kappa shape index (κ1) is 11.2. The summed E-state index contributed by atoms with van der Waals surface area (Å²) in [5, 5.41) is 2.99. The molecule has 1 aromatic rings. The smallest absolute Gasteiger partial charge is 0.287 e. The van der Waals surface area contributed by atoms with Crippen molar-refractivity contribution in [2.45, 2.75) is 38.8 Å². The third-order valence-corrected chi connectivity index (χ3v) is 3.12. The molecule has 88 valence electrons. The van der Waals surface area contributed by atoms with Gasteiger partial charge in [-0.2, -0.15) is 0 Å². The Hall–Kier alpha value is -1.29. The van der Waals surface area contributed by atoms with E-state index in [9.17, 15) is 4.79 Å². The second-order valence-corrected chi connectivity index (χ2v) is 4.56. The third-order valence-electron chi connectivity index (χ3n) is 3.12. The summed E-state index contributed by atoms with van der Waals surface area (Å²) in [6.45, 7) is 2.54. The third kappa shape index (κ3) is 2.44. The van der Waals surface area contributed by atoms with Crippen molar-refractivity contribution in [3.05, 3.63) is 23.7 Å². The van der Waals surface area contributed by atoms with Crippen LogP contribution >= 0.6 is 0 Å². The molecule has 1 amide bonds. The van der Waals surface area contributed by atoms with Gasteiger partial charge in [0.25, 0.3) is 5.91 Å². The van der Waals surface area contributed by atoms with E-state index in [4.69, 9.17) is 10.2 Å². The maximum absolute atomic E-state index is 11.8. The van der Waals surface area contributed by atoms with Crippen LogP contribution in [0.25, 0.3) is 0 Å². The van der Waals surface area contributed by atoms with Gasteiger partial charge in [-0.3, -0.25) is 4.79 Å². The summed E-state index contributed by atoms with van der Waals surface area (Å²) in [5.74, 6) is 1.59. The number of hydrogen-bond donors (Lipinski definition) is 2. The Labute approximate surface area is 95.2 Å². The molecule has 2 rings (SSSR count). The van der Waals surface area contributed by atoms with Gasteiger partial charge in [0.2, 0.25) is 0 Å². The van der Waals surface area contributed by atoms with Gasteiger partial charge in [-0.1, -0.05) is 6.92 Å². The van der Waals surface area contributed by atoms with Gasteiger partial charge < -0.3 is 15.5 Å². The molecule has 1 heterocycles. The lowest BCUT2D eigenvalue weighted by Gasteiger charge is -2.10. The first-order valence-electron chi connectivity index (χ1n) is 5.78. The fourth-order valence-electron chi connectivity index (χ4n) is 2.20. The normalized spacial score (nSPS) is 24.6. The van der Waals surface area contributed by atoms with Crippen molar-refractivity contribution in [2.24, 2.45) is 11.7 Å². The highest BCUT2D eigenvalue weighted by Crippen LogP contribution is 2.24. The number of hydrogen-bond acceptors (Lipinski definition) is 3. The Morgan fingerprint density at radius 1 is 1.56 bits per heavy atom. The molecule has 3 N–H and O–H groups in total. The van der Waals surface area contributed by atoms with Gasteiger partial charge in [-0.25, -0.2) is 0 Å². The predicted molar refractivity (Wildman–Crippen MR) is 60.9 cm³/mol. The zero-order chi connectivity index (χ0) is 11.5. The van der Waals surface area contributed by atoms with Gasteiger partial charge in [0.05, 0.1) is 6.54 Å². The van der Waals surface area contributed by atoms with E-state index in [0.29, 0.717) is 30.0 Å². The van der Waals surface area contributed by atoms with Crippen LogP contribution in [0, 0.1) is 5.92 Å². The van der Waals surface area contributed by atoms with E-state index in [0.717, 1.165) is 12.8 Å². The minimum atomic E-state index is -0.126. The molecule has 4 nitrogen and oxygen atoms in total. The fraction of sp³-hybridized carbons (Fsp3) is 0.583. The van der Waals surface area contributed by atoms with Crippen molar-refractivity contribution in [2.75, 3.05) is 0 Å². The first-order valence-corrected chi connectivity index (χ1v) is 5.78. The van der Waals surface area contributed by atoms with Crippen molar-refractivity contribution in [1.82, 2.24) is 5.32 Å². The average Bonchev–Trinajstić information content (AvgIpc) is 2.87. The average molecular weight is 222 g/mol. The van der Waals surface area contributed by atoms with Crippen molar-refractivity contribution in [3.8, 4) is 0 Å². The molecule has 2 atom stereocenters. The number of amides is 1. The summed E-state index contributed by atoms with van der Waals surface area (Å²) in [7, 11) is 0. The Bertz CT molecular complexity index is 373. The molecule has 1 fully saturated rings. The van der Waals surface area contributed by atoms with E-state index < -0.39 is 0 Å². The fourth-order valence-corrected chi connectivity index (χ4v) is 2.20. The lowest BCUT2D eigenvalue weighted by Crippen LogP contribution is -2.32. The number of furan rings is 1. The van der Waals surface area contributed by atoms with Crippen molar-refractivity contribution in [1.29, 1.82) is 0 Å². The molecule has 2 unspecified atom stereocenters. The van der Waals surface area contributed by atoms with E-state index in [1.165, 1.54) is 6.42 Å². The first-order chi connectivity index (χ1) is 7.69. The van der Waals surface area contributed by atoms with Crippen LogP contribution in [0.3, 0.4) is 0 Å². The molecule has 0 saturated heterocycles. The molecule has 0 aliphatic heterocycles. The van der Waals surface area contributed by atoms with Crippen LogP contribution in [0.2, 0.25) is 0 Å². The largest absolute Gasteiger partial charge is 0.455 e. The highest BCUT2D eigenvalue weighted by molar-refractivity contribution is 5.91. The monoisotopic (exact) mass is 222 g/mol. The van der Waals surface area contributed by atoms with Crippen LogP contribution in [0.15, 0.2) is 16.5 Å². The Morgan fingerprint density at radius 3 is 2.94 bits per heavy atom. The molecule has 4 heteroatoms. The van der Waals surface area contributed by atoms with Crippen molar-refractivity contribution in [3.63, 3.8) is 0 Å². The molecule has 0 bridgehead atoms. The number of nitrogens with one attached hydrogen (secondary N) is 1. The van der Waals surface area contributed by atoms with Crippen LogP contribution in [-0.2, 0) is 6.54 Å². The van der Waals surface area contributed by atoms with Crippen LogP contribution in [0.5, 0.6) is 0 Å². The molecule has 0 spiro atoms. The number of rotatable bonds is 3. The Morgan fingerprint density at radius 2 is 2.38 bits per heavy atom. The molecule has 16 heavy (non-hydrogen) atoms. The molecule has 1 aliphatic carbocycles. The minimum Gasteiger partial charge on any atom is -0.455 e. The Balaban J connectivity index is 1.92. The second kappa shape index (κ2) is 4.70. The van der Waals surface area contributed by atoms with Crippen molar-refractivity contribution >= 4 is 5.91 Å². The summed E-state index contributed by atoms with van der Waals surface area (Å²) in [5.41, 5.74) is 5.42. The number of carbonyl (C=O) groups is 1. The van der Waals surface area contributed by atoms with Gasteiger partial charge in [0.1, 0.15) is 5.76 Å². The van der Waals surface area contributed by atoms with E-state index >= 15 is 0 Å².